The molecule has 1 saturated heterocycles. The molecule has 0 bridgehead atoms. The molecule has 1 atom stereocenters. The van der Waals surface area contributed by atoms with Gasteiger partial charge in [0.1, 0.15) is 0 Å². The third-order valence-electron chi connectivity index (χ3n) is 3.59. The summed E-state index contributed by atoms with van der Waals surface area (Å²) in [5.41, 5.74) is 1.17. The van der Waals surface area contributed by atoms with Crippen LogP contribution in [0.1, 0.15) is 25.3 Å². The van der Waals surface area contributed by atoms with Crippen LogP contribution in [0.3, 0.4) is 0 Å². The van der Waals surface area contributed by atoms with Gasteiger partial charge in [-0.05, 0) is 44.0 Å². The maximum Gasteiger partial charge on any atom is 0.223 e. The van der Waals surface area contributed by atoms with Crippen molar-refractivity contribution < 1.29 is 4.79 Å². The van der Waals surface area contributed by atoms with Gasteiger partial charge in [-0.3, -0.25) is 4.79 Å². The second kappa shape index (κ2) is 6.92. The Labute approximate surface area is 119 Å². The number of hydrogen-bond donors (Lipinski definition) is 1. The zero-order chi connectivity index (χ0) is 13.7. The van der Waals surface area contributed by atoms with E-state index in [4.69, 9.17) is 11.6 Å². The lowest BCUT2D eigenvalue weighted by molar-refractivity contribution is -0.132. The lowest BCUT2D eigenvalue weighted by Crippen LogP contribution is -2.41. The van der Waals surface area contributed by atoms with Crippen molar-refractivity contribution in [3.63, 3.8) is 0 Å². The van der Waals surface area contributed by atoms with Crippen LogP contribution in [0, 0.1) is 0 Å². The first-order chi connectivity index (χ1) is 9.16. The predicted octanol–water partition coefficient (Wildman–Crippen LogP) is 2.48. The van der Waals surface area contributed by atoms with Gasteiger partial charge in [-0.1, -0.05) is 23.7 Å². The lowest BCUT2D eigenvalue weighted by Gasteiger charge is -2.27. The van der Waals surface area contributed by atoms with Gasteiger partial charge in [-0.25, -0.2) is 0 Å². The largest absolute Gasteiger partial charge is 0.339 e. The molecule has 1 heterocycles. The number of nitrogens with one attached hydrogen (secondary N) is 1. The van der Waals surface area contributed by atoms with E-state index in [9.17, 15) is 4.79 Å². The molecule has 1 unspecified atom stereocenters. The molecule has 1 aliphatic rings. The standard InChI is InChI=1S/C15H21ClN2O/c1-12-11-17-9-2-10-18(12)15(19)8-5-13-3-6-14(16)7-4-13/h3-4,6-7,12,17H,2,5,8-11H2,1H3. The van der Waals surface area contributed by atoms with Crippen LogP contribution in [0.15, 0.2) is 24.3 Å². The summed E-state index contributed by atoms with van der Waals surface area (Å²) >= 11 is 5.85. The fraction of sp³-hybridized carbons (Fsp3) is 0.533. The van der Waals surface area contributed by atoms with Gasteiger partial charge in [0.05, 0.1) is 0 Å². The van der Waals surface area contributed by atoms with E-state index in [1.165, 1.54) is 5.56 Å². The Morgan fingerprint density at radius 2 is 2.16 bits per heavy atom. The van der Waals surface area contributed by atoms with E-state index < -0.39 is 0 Å². The van der Waals surface area contributed by atoms with Crippen LogP contribution in [0.25, 0.3) is 0 Å². The number of aryl methyl sites for hydroxylation is 1. The number of carbonyl (C=O) groups excluding carboxylic acids is 1. The van der Waals surface area contributed by atoms with E-state index in [0.717, 1.165) is 37.5 Å². The fourth-order valence-corrected chi connectivity index (χ4v) is 2.56. The third kappa shape index (κ3) is 4.22. The molecule has 3 nitrogen and oxygen atoms in total. The highest BCUT2D eigenvalue weighted by Crippen LogP contribution is 2.13. The highest BCUT2D eigenvalue weighted by molar-refractivity contribution is 6.30. The summed E-state index contributed by atoms with van der Waals surface area (Å²) in [6, 6.07) is 8.02. The molecule has 1 aromatic carbocycles. The van der Waals surface area contributed by atoms with E-state index in [1.54, 1.807) is 0 Å². The topological polar surface area (TPSA) is 32.3 Å². The summed E-state index contributed by atoms with van der Waals surface area (Å²) in [5, 5.41) is 4.09. The summed E-state index contributed by atoms with van der Waals surface area (Å²) in [7, 11) is 0. The van der Waals surface area contributed by atoms with Gasteiger partial charge in [0.2, 0.25) is 5.91 Å². The summed E-state index contributed by atoms with van der Waals surface area (Å²) in [6.07, 6.45) is 2.40. The fourth-order valence-electron chi connectivity index (χ4n) is 2.43. The van der Waals surface area contributed by atoms with Gasteiger partial charge in [0, 0.05) is 30.6 Å². The Balaban J connectivity index is 1.87. The zero-order valence-electron chi connectivity index (χ0n) is 11.4. The Morgan fingerprint density at radius 1 is 1.42 bits per heavy atom. The molecule has 104 valence electrons. The number of rotatable bonds is 3. The number of halogens is 1. The minimum absolute atomic E-state index is 0.256. The number of amides is 1. The summed E-state index contributed by atoms with van der Waals surface area (Å²) in [4.78, 5) is 14.3. The van der Waals surface area contributed by atoms with Crippen LogP contribution in [-0.2, 0) is 11.2 Å². The highest BCUT2D eigenvalue weighted by Gasteiger charge is 2.21. The van der Waals surface area contributed by atoms with Crippen LogP contribution >= 0.6 is 11.6 Å². The molecule has 19 heavy (non-hydrogen) atoms. The van der Waals surface area contributed by atoms with E-state index in [1.807, 2.05) is 29.2 Å². The van der Waals surface area contributed by atoms with Crippen LogP contribution in [0.5, 0.6) is 0 Å². The Morgan fingerprint density at radius 3 is 2.89 bits per heavy atom. The van der Waals surface area contributed by atoms with E-state index >= 15 is 0 Å². The molecule has 4 heteroatoms. The maximum atomic E-state index is 12.3. The molecule has 0 aliphatic carbocycles. The second-order valence-electron chi connectivity index (χ2n) is 5.12. The van der Waals surface area contributed by atoms with Gasteiger partial charge >= 0.3 is 0 Å². The molecule has 1 amide bonds. The molecule has 2 rings (SSSR count). The van der Waals surface area contributed by atoms with E-state index in [2.05, 4.69) is 12.2 Å². The van der Waals surface area contributed by atoms with Crippen LogP contribution in [0.4, 0.5) is 0 Å². The molecule has 0 saturated carbocycles. The highest BCUT2D eigenvalue weighted by atomic mass is 35.5. The van der Waals surface area contributed by atoms with Gasteiger partial charge < -0.3 is 10.2 Å². The van der Waals surface area contributed by atoms with Crippen LogP contribution < -0.4 is 5.32 Å². The Hall–Kier alpha value is -1.06. The van der Waals surface area contributed by atoms with Crippen molar-refractivity contribution in [1.82, 2.24) is 10.2 Å². The number of benzene rings is 1. The van der Waals surface area contributed by atoms with Crippen molar-refractivity contribution in [2.75, 3.05) is 19.6 Å². The number of nitrogens with zero attached hydrogens (tertiary/aromatic N) is 1. The molecule has 1 N–H and O–H groups in total. The summed E-state index contributed by atoms with van der Waals surface area (Å²) in [5.74, 6) is 0.256. The molecule has 1 aliphatic heterocycles. The Bertz CT molecular complexity index is 419. The smallest absolute Gasteiger partial charge is 0.223 e. The maximum absolute atomic E-state index is 12.3. The van der Waals surface area contributed by atoms with Crippen molar-refractivity contribution >= 4 is 17.5 Å². The Kier molecular flexibility index (Phi) is 5.23. The van der Waals surface area contributed by atoms with E-state index in [-0.39, 0.29) is 5.91 Å². The average molecular weight is 281 g/mol. The zero-order valence-corrected chi connectivity index (χ0v) is 12.1. The first-order valence-electron chi connectivity index (χ1n) is 6.91. The first kappa shape index (κ1) is 14.4. The van der Waals surface area contributed by atoms with Crippen LogP contribution in [0.2, 0.25) is 5.02 Å². The molecule has 1 fully saturated rings. The quantitative estimate of drug-likeness (QED) is 0.923. The van der Waals surface area contributed by atoms with Gasteiger partial charge in [-0.15, -0.1) is 0 Å². The molecular formula is C15H21ClN2O. The SMILES string of the molecule is CC1CNCCCN1C(=O)CCc1ccc(Cl)cc1. The molecule has 1 aromatic rings. The van der Waals surface area contributed by atoms with Gasteiger partial charge in [0.15, 0.2) is 0 Å². The van der Waals surface area contributed by atoms with Crippen molar-refractivity contribution in [3.05, 3.63) is 34.9 Å². The van der Waals surface area contributed by atoms with Crippen molar-refractivity contribution in [1.29, 1.82) is 0 Å². The van der Waals surface area contributed by atoms with Crippen LogP contribution in [-0.4, -0.2) is 36.5 Å². The van der Waals surface area contributed by atoms with Crippen molar-refractivity contribution in [2.45, 2.75) is 32.2 Å². The minimum Gasteiger partial charge on any atom is -0.339 e. The van der Waals surface area contributed by atoms with E-state index in [0.29, 0.717) is 12.5 Å². The third-order valence-corrected chi connectivity index (χ3v) is 3.84. The number of carbonyl (C=O) groups is 1. The summed E-state index contributed by atoms with van der Waals surface area (Å²) in [6.45, 7) is 4.88. The predicted molar refractivity (Wildman–Crippen MR) is 78.4 cm³/mol. The van der Waals surface area contributed by atoms with Gasteiger partial charge in [0.25, 0.3) is 0 Å². The monoisotopic (exact) mass is 280 g/mol. The molecular weight excluding hydrogens is 260 g/mol. The lowest BCUT2D eigenvalue weighted by atomic mass is 10.1. The first-order valence-corrected chi connectivity index (χ1v) is 7.29. The molecule has 0 radical (unpaired) electrons. The molecule has 0 aromatic heterocycles. The normalized spacial score (nSPS) is 20.1. The van der Waals surface area contributed by atoms with Gasteiger partial charge in [-0.2, -0.15) is 0 Å². The summed E-state index contributed by atoms with van der Waals surface area (Å²) < 4.78 is 0. The minimum atomic E-state index is 0.256. The average Bonchev–Trinajstić information content (AvgIpc) is 2.62. The number of hydrogen-bond acceptors (Lipinski definition) is 2. The molecule has 0 spiro atoms. The second-order valence-corrected chi connectivity index (χ2v) is 5.56. The van der Waals surface area contributed by atoms with Crippen molar-refractivity contribution in [2.24, 2.45) is 0 Å². The van der Waals surface area contributed by atoms with Crippen molar-refractivity contribution in [3.8, 4) is 0 Å².